The maximum atomic E-state index is 12.7. The lowest BCUT2D eigenvalue weighted by Gasteiger charge is -2.38. The molecule has 0 radical (unpaired) electrons. The van der Waals surface area contributed by atoms with Crippen molar-refractivity contribution in [3.63, 3.8) is 0 Å². The molecule has 1 aliphatic rings. The summed E-state index contributed by atoms with van der Waals surface area (Å²) >= 11 is 0. The van der Waals surface area contributed by atoms with E-state index in [1.807, 2.05) is 32.1 Å². The highest BCUT2D eigenvalue weighted by atomic mass is 19.4. The number of benzene rings is 1. The number of halogens is 3. The molecule has 1 aliphatic heterocycles. The van der Waals surface area contributed by atoms with Gasteiger partial charge in [-0.25, -0.2) is 4.98 Å². The molecule has 8 heteroatoms. The van der Waals surface area contributed by atoms with Crippen molar-refractivity contribution < 1.29 is 13.2 Å². The van der Waals surface area contributed by atoms with E-state index in [2.05, 4.69) is 19.8 Å². The van der Waals surface area contributed by atoms with Crippen LogP contribution in [0.4, 0.5) is 24.9 Å². The Balaban J connectivity index is 1.64. The Labute approximate surface area is 163 Å². The smallest absolute Gasteiger partial charge is 0.355 e. The zero-order valence-corrected chi connectivity index (χ0v) is 16.4. The molecule has 2 aromatic rings. The van der Waals surface area contributed by atoms with E-state index in [-0.39, 0.29) is 0 Å². The first-order valence-corrected chi connectivity index (χ1v) is 9.36. The molecule has 1 saturated heterocycles. The number of hydrogen-bond acceptors (Lipinski definition) is 5. The predicted octanol–water partition coefficient (Wildman–Crippen LogP) is 3.66. The summed E-state index contributed by atoms with van der Waals surface area (Å²) in [6.45, 7) is 2.44. The van der Waals surface area contributed by atoms with Crippen LogP contribution in [0.3, 0.4) is 0 Å². The van der Waals surface area contributed by atoms with Crippen molar-refractivity contribution in [2.45, 2.75) is 31.6 Å². The maximum absolute atomic E-state index is 12.7. The van der Waals surface area contributed by atoms with Gasteiger partial charge in [-0.1, -0.05) is 12.1 Å². The van der Waals surface area contributed by atoms with Crippen molar-refractivity contribution in [3.8, 4) is 0 Å². The van der Waals surface area contributed by atoms with Gasteiger partial charge in [0.1, 0.15) is 5.82 Å². The molecule has 0 aliphatic carbocycles. The van der Waals surface area contributed by atoms with E-state index in [1.165, 1.54) is 0 Å². The molecule has 1 atom stereocenters. The van der Waals surface area contributed by atoms with Crippen LogP contribution >= 0.6 is 0 Å². The van der Waals surface area contributed by atoms with Crippen LogP contribution in [0.5, 0.6) is 0 Å². The van der Waals surface area contributed by atoms with Crippen LogP contribution < -0.4 is 9.80 Å². The number of anilines is 2. The Hall–Kier alpha value is -2.35. The molecule has 3 rings (SSSR count). The summed E-state index contributed by atoms with van der Waals surface area (Å²) < 4.78 is 38.2. The molecular formula is C20H26F3N5. The number of nitrogens with zero attached hydrogens (tertiary/aromatic N) is 5. The van der Waals surface area contributed by atoms with Crippen molar-refractivity contribution in [1.29, 1.82) is 0 Å². The molecule has 2 heterocycles. The number of aromatic nitrogens is 2. The normalized spacial score (nSPS) is 18.1. The Morgan fingerprint density at radius 3 is 2.46 bits per heavy atom. The minimum Gasteiger partial charge on any atom is -0.355 e. The summed E-state index contributed by atoms with van der Waals surface area (Å²) in [6, 6.07) is 7.67. The first-order valence-electron chi connectivity index (χ1n) is 9.36. The van der Waals surface area contributed by atoms with Gasteiger partial charge in [-0.3, -0.25) is 4.90 Å². The Bertz CT molecular complexity index is 776. The van der Waals surface area contributed by atoms with Gasteiger partial charge < -0.3 is 9.80 Å². The molecule has 152 valence electrons. The highest BCUT2D eigenvalue weighted by Gasteiger charge is 2.30. The van der Waals surface area contributed by atoms with Crippen LogP contribution in [-0.4, -0.2) is 55.1 Å². The van der Waals surface area contributed by atoms with Crippen LogP contribution in [0, 0.1) is 0 Å². The van der Waals surface area contributed by atoms with Crippen LogP contribution in [0.2, 0.25) is 0 Å². The monoisotopic (exact) mass is 393 g/mol. The average molecular weight is 393 g/mol. The Morgan fingerprint density at radius 1 is 1.11 bits per heavy atom. The van der Waals surface area contributed by atoms with Gasteiger partial charge in [0, 0.05) is 46.5 Å². The number of likely N-dealkylation sites (tertiary alicyclic amines) is 1. The lowest BCUT2D eigenvalue weighted by molar-refractivity contribution is -0.137. The molecule has 1 aromatic heterocycles. The van der Waals surface area contributed by atoms with Gasteiger partial charge in [0.25, 0.3) is 0 Å². The second-order valence-corrected chi connectivity index (χ2v) is 7.45. The van der Waals surface area contributed by atoms with E-state index in [0.29, 0.717) is 18.5 Å². The van der Waals surface area contributed by atoms with Crippen molar-refractivity contribution >= 4 is 11.8 Å². The SMILES string of the molecule is CN(C)c1nccc(N(C)C2CCCN(Cc3ccc(C(F)(F)F)cc3)C2)n1. The highest BCUT2D eigenvalue weighted by Crippen LogP contribution is 2.29. The second kappa shape index (κ2) is 8.34. The number of hydrogen-bond donors (Lipinski definition) is 0. The third-order valence-electron chi connectivity index (χ3n) is 5.11. The summed E-state index contributed by atoms with van der Waals surface area (Å²) in [4.78, 5) is 15.2. The van der Waals surface area contributed by atoms with Gasteiger partial charge in [-0.2, -0.15) is 18.2 Å². The van der Waals surface area contributed by atoms with E-state index < -0.39 is 11.7 Å². The van der Waals surface area contributed by atoms with Crippen molar-refractivity contribution in [2.24, 2.45) is 0 Å². The lowest BCUT2D eigenvalue weighted by atomic mass is 10.0. The van der Waals surface area contributed by atoms with E-state index >= 15 is 0 Å². The zero-order chi connectivity index (χ0) is 20.3. The van der Waals surface area contributed by atoms with E-state index in [9.17, 15) is 13.2 Å². The van der Waals surface area contributed by atoms with Crippen molar-refractivity contribution in [2.75, 3.05) is 44.0 Å². The largest absolute Gasteiger partial charge is 0.416 e. The number of likely N-dealkylation sites (N-methyl/N-ethyl adjacent to an activating group) is 1. The van der Waals surface area contributed by atoms with Crippen molar-refractivity contribution in [3.05, 3.63) is 47.7 Å². The number of piperidine rings is 1. The number of rotatable bonds is 5. The standard InChI is InChI=1S/C20H26F3N5/c1-26(2)19-24-11-10-18(25-19)27(3)17-5-4-12-28(14-17)13-15-6-8-16(9-7-15)20(21,22)23/h6-11,17H,4-5,12-14H2,1-3H3. The minimum atomic E-state index is -4.29. The van der Waals surface area contributed by atoms with Crippen LogP contribution in [-0.2, 0) is 12.7 Å². The molecule has 1 aromatic carbocycles. The molecule has 0 saturated carbocycles. The first kappa shape index (κ1) is 20.4. The van der Waals surface area contributed by atoms with Gasteiger partial charge in [0.2, 0.25) is 5.95 Å². The number of alkyl halides is 3. The van der Waals surface area contributed by atoms with Crippen LogP contribution in [0.15, 0.2) is 36.5 Å². The topological polar surface area (TPSA) is 35.5 Å². The van der Waals surface area contributed by atoms with Gasteiger partial charge in [-0.15, -0.1) is 0 Å². The molecule has 0 N–H and O–H groups in total. The van der Waals surface area contributed by atoms with Gasteiger partial charge in [0.15, 0.2) is 0 Å². The molecule has 0 amide bonds. The van der Waals surface area contributed by atoms with E-state index in [4.69, 9.17) is 0 Å². The third kappa shape index (κ3) is 4.92. The predicted molar refractivity (Wildman–Crippen MR) is 105 cm³/mol. The van der Waals surface area contributed by atoms with Gasteiger partial charge in [-0.05, 0) is 43.1 Å². The van der Waals surface area contributed by atoms with E-state index in [0.717, 1.165) is 49.4 Å². The molecular weight excluding hydrogens is 367 g/mol. The minimum absolute atomic E-state index is 0.299. The fraction of sp³-hybridized carbons (Fsp3) is 0.500. The lowest BCUT2D eigenvalue weighted by Crippen LogP contribution is -2.46. The van der Waals surface area contributed by atoms with Gasteiger partial charge in [0.05, 0.1) is 5.56 Å². The van der Waals surface area contributed by atoms with Crippen molar-refractivity contribution in [1.82, 2.24) is 14.9 Å². The van der Waals surface area contributed by atoms with E-state index in [1.54, 1.807) is 18.3 Å². The second-order valence-electron chi connectivity index (χ2n) is 7.45. The van der Waals surface area contributed by atoms with Gasteiger partial charge >= 0.3 is 6.18 Å². The molecule has 0 bridgehead atoms. The summed E-state index contributed by atoms with van der Waals surface area (Å²) in [5.41, 5.74) is 0.293. The molecule has 1 unspecified atom stereocenters. The summed E-state index contributed by atoms with van der Waals surface area (Å²) in [5.74, 6) is 1.54. The fourth-order valence-corrected chi connectivity index (χ4v) is 3.49. The average Bonchev–Trinajstić information content (AvgIpc) is 2.67. The molecule has 5 nitrogen and oxygen atoms in total. The quantitative estimate of drug-likeness (QED) is 0.775. The zero-order valence-electron chi connectivity index (χ0n) is 16.4. The fourth-order valence-electron chi connectivity index (χ4n) is 3.49. The molecule has 28 heavy (non-hydrogen) atoms. The highest BCUT2D eigenvalue weighted by molar-refractivity contribution is 5.43. The van der Waals surface area contributed by atoms with Crippen LogP contribution in [0.25, 0.3) is 0 Å². The third-order valence-corrected chi connectivity index (χ3v) is 5.11. The van der Waals surface area contributed by atoms with Crippen LogP contribution in [0.1, 0.15) is 24.0 Å². The maximum Gasteiger partial charge on any atom is 0.416 e. The summed E-state index contributed by atoms with van der Waals surface area (Å²) in [7, 11) is 5.85. The summed E-state index contributed by atoms with van der Waals surface area (Å²) in [6.07, 6.45) is -0.431. The summed E-state index contributed by atoms with van der Waals surface area (Å²) in [5, 5.41) is 0. The molecule has 0 spiro atoms. The Morgan fingerprint density at radius 2 is 1.82 bits per heavy atom. The molecule has 1 fully saturated rings. The Kier molecular flexibility index (Phi) is 6.07. The first-order chi connectivity index (χ1) is 13.2.